The number of nitrogens with one attached hydrogen (secondary N) is 2. The van der Waals surface area contributed by atoms with Gasteiger partial charge in [-0.05, 0) is 25.1 Å². The van der Waals surface area contributed by atoms with Gasteiger partial charge in [-0.1, -0.05) is 6.07 Å². The Morgan fingerprint density at radius 2 is 2.04 bits per heavy atom. The van der Waals surface area contributed by atoms with Gasteiger partial charge in [0.05, 0.1) is 0 Å². The summed E-state index contributed by atoms with van der Waals surface area (Å²) in [7, 11) is 0. The Labute approximate surface area is 135 Å². The lowest BCUT2D eigenvalue weighted by Crippen LogP contribution is -2.01. The molecule has 24 heavy (non-hydrogen) atoms. The minimum Gasteiger partial charge on any atom is -0.453 e. The first-order chi connectivity index (χ1) is 11.7. The molecule has 4 aromatic heterocycles. The predicted molar refractivity (Wildman–Crippen MR) is 92.0 cm³/mol. The highest BCUT2D eigenvalue weighted by atomic mass is 16.3. The van der Waals surface area contributed by atoms with E-state index < -0.39 is 0 Å². The van der Waals surface area contributed by atoms with Crippen LogP contribution in [0, 0.1) is 6.92 Å². The summed E-state index contributed by atoms with van der Waals surface area (Å²) in [4.78, 5) is 20.8. The Balaban J connectivity index is 2.06. The molecule has 2 N–H and O–H groups in total. The Bertz CT molecular complexity index is 1280. The fourth-order valence-corrected chi connectivity index (χ4v) is 3.17. The van der Waals surface area contributed by atoms with Crippen LogP contribution >= 0.6 is 0 Å². The zero-order valence-corrected chi connectivity index (χ0v) is 12.8. The smallest absolute Gasteiger partial charge is 0.185 e. The predicted octanol–water partition coefficient (Wildman–Crippen LogP) is 3.52. The molecule has 6 nitrogen and oxygen atoms in total. The molecule has 5 aromatic rings. The highest BCUT2D eigenvalue weighted by Gasteiger charge is 2.19. The summed E-state index contributed by atoms with van der Waals surface area (Å²) in [5.41, 5.74) is 5.11. The molecule has 0 fully saturated rings. The molecule has 116 valence electrons. The largest absolute Gasteiger partial charge is 0.453 e. The molecule has 6 heteroatoms. The fraction of sp³-hybridized carbons (Fsp3) is 0.0556. The average Bonchev–Trinajstić information content (AvgIpc) is 3.21. The summed E-state index contributed by atoms with van der Waals surface area (Å²) in [5, 5.41) is 7.77. The first-order valence-corrected chi connectivity index (χ1v) is 7.56. The van der Waals surface area contributed by atoms with E-state index in [1.54, 1.807) is 31.5 Å². The number of furan rings is 1. The molecule has 0 atom stereocenters. The van der Waals surface area contributed by atoms with Gasteiger partial charge in [0.25, 0.3) is 0 Å². The lowest BCUT2D eigenvalue weighted by atomic mass is 10.0. The lowest BCUT2D eigenvalue weighted by molar-refractivity contribution is 0.666. The molecule has 0 unspecified atom stereocenters. The molecule has 0 aliphatic heterocycles. The van der Waals surface area contributed by atoms with Crippen LogP contribution in [-0.4, -0.2) is 20.2 Å². The zero-order chi connectivity index (χ0) is 16.3. The Hall–Kier alpha value is -3.41. The highest BCUT2D eigenvalue weighted by Crippen LogP contribution is 2.38. The van der Waals surface area contributed by atoms with Gasteiger partial charge in [-0.15, -0.1) is 0 Å². The van der Waals surface area contributed by atoms with Gasteiger partial charge < -0.3 is 9.52 Å². The number of H-pyrrole nitrogens is 2. The topological polar surface area (TPSA) is 87.6 Å². The van der Waals surface area contributed by atoms with Crippen LogP contribution in [-0.2, 0) is 0 Å². The highest BCUT2D eigenvalue weighted by molar-refractivity contribution is 6.14. The number of rotatable bonds is 1. The Morgan fingerprint density at radius 3 is 2.88 bits per heavy atom. The number of aromatic amines is 2. The van der Waals surface area contributed by atoms with Crippen molar-refractivity contribution in [1.82, 2.24) is 20.2 Å². The molecular weight excluding hydrogens is 304 g/mol. The first-order valence-electron chi connectivity index (χ1n) is 7.56. The van der Waals surface area contributed by atoms with Gasteiger partial charge in [0.1, 0.15) is 11.1 Å². The van der Waals surface area contributed by atoms with Crippen LogP contribution in [0.25, 0.3) is 44.2 Å². The van der Waals surface area contributed by atoms with Gasteiger partial charge >= 0.3 is 0 Å². The van der Waals surface area contributed by atoms with Crippen LogP contribution in [0.1, 0.15) is 5.56 Å². The quantitative estimate of drug-likeness (QED) is 0.495. The average molecular weight is 316 g/mol. The van der Waals surface area contributed by atoms with Crippen molar-refractivity contribution in [1.29, 1.82) is 0 Å². The van der Waals surface area contributed by atoms with Gasteiger partial charge in [-0.2, -0.15) is 0 Å². The molecule has 4 heterocycles. The summed E-state index contributed by atoms with van der Waals surface area (Å²) in [6.45, 7) is 1.77. The lowest BCUT2D eigenvalue weighted by Gasteiger charge is -2.03. The van der Waals surface area contributed by atoms with Crippen LogP contribution in [0.15, 0.2) is 52.1 Å². The second-order valence-corrected chi connectivity index (χ2v) is 5.75. The van der Waals surface area contributed by atoms with E-state index >= 15 is 0 Å². The minimum atomic E-state index is -0.0385. The van der Waals surface area contributed by atoms with E-state index in [9.17, 15) is 4.79 Å². The number of benzene rings is 1. The molecule has 5 rings (SSSR count). The molecular formula is C18H12N4O2. The van der Waals surface area contributed by atoms with Crippen molar-refractivity contribution in [3.63, 3.8) is 0 Å². The molecule has 0 saturated heterocycles. The molecule has 0 saturated carbocycles. The van der Waals surface area contributed by atoms with Crippen LogP contribution < -0.4 is 5.43 Å². The van der Waals surface area contributed by atoms with Gasteiger partial charge in [-0.3, -0.25) is 14.9 Å². The standard InChI is InChI=1S/C18H12N4O2/c1-9-13(23)5-4-11-15-17(24-16(9)11)14(10-3-2-6-19-7-10)12-8-20-22-18(12)21-15/h2-8H,1H3,(H2,20,21,22). The second kappa shape index (κ2) is 4.55. The van der Waals surface area contributed by atoms with Crippen molar-refractivity contribution in [3.05, 3.63) is 58.6 Å². The summed E-state index contributed by atoms with van der Waals surface area (Å²) >= 11 is 0. The molecule has 0 radical (unpaired) electrons. The van der Waals surface area contributed by atoms with Crippen molar-refractivity contribution >= 4 is 33.1 Å². The Morgan fingerprint density at radius 1 is 1.12 bits per heavy atom. The fourth-order valence-electron chi connectivity index (χ4n) is 3.17. The van der Waals surface area contributed by atoms with E-state index in [1.165, 1.54) is 0 Å². The molecule has 1 aromatic carbocycles. The van der Waals surface area contributed by atoms with Crippen LogP contribution in [0.3, 0.4) is 0 Å². The molecule has 0 aliphatic carbocycles. The van der Waals surface area contributed by atoms with Gasteiger partial charge in [0.2, 0.25) is 0 Å². The van der Waals surface area contributed by atoms with E-state index in [1.807, 2.05) is 18.3 Å². The zero-order valence-electron chi connectivity index (χ0n) is 12.8. The van der Waals surface area contributed by atoms with E-state index in [0.29, 0.717) is 16.7 Å². The third-order valence-corrected chi connectivity index (χ3v) is 4.36. The number of aryl methyl sites for hydroxylation is 1. The van der Waals surface area contributed by atoms with E-state index in [0.717, 1.165) is 33.1 Å². The molecule has 0 spiro atoms. The SMILES string of the molecule is Cc1c(=O)ccc2c1oc1c(-c3cccnc3)c3c[nH][nH]c3nc12. The summed E-state index contributed by atoms with van der Waals surface area (Å²) in [5.74, 6) is 0. The maximum atomic E-state index is 11.9. The van der Waals surface area contributed by atoms with Crippen LogP contribution in [0.2, 0.25) is 0 Å². The third kappa shape index (κ3) is 1.62. The number of hydrogen-bond donors (Lipinski definition) is 2. The maximum Gasteiger partial charge on any atom is 0.185 e. The number of aromatic nitrogens is 4. The van der Waals surface area contributed by atoms with Gasteiger partial charge in [0, 0.05) is 46.1 Å². The van der Waals surface area contributed by atoms with Crippen molar-refractivity contribution in [2.75, 3.05) is 0 Å². The normalized spacial score (nSPS) is 11.7. The van der Waals surface area contributed by atoms with Crippen molar-refractivity contribution in [2.45, 2.75) is 6.92 Å². The number of pyridine rings is 2. The van der Waals surface area contributed by atoms with E-state index in [-0.39, 0.29) is 5.43 Å². The minimum absolute atomic E-state index is 0.0385. The monoisotopic (exact) mass is 316 g/mol. The van der Waals surface area contributed by atoms with E-state index in [4.69, 9.17) is 4.42 Å². The summed E-state index contributed by atoms with van der Waals surface area (Å²) in [6, 6.07) is 7.19. The second-order valence-electron chi connectivity index (χ2n) is 5.75. The first kappa shape index (κ1) is 13.1. The van der Waals surface area contributed by atoms with E-state index in [2.05, 4.69) is 20.2 Å². The van der Waals surface area contributed by atoms with Crippen molar-refractivity contribution in [2.24, 2.45) is 0 Å². The molecule has 0 aliphatic rings. The number of nitrogens with zero attached hydrogens (tertiary/aromatic N) is 2. The molecule has 0 amide bonds. The van der Waals surface area contributed by atoms with Crippen molar-refractivity contribution < 1.29 is 4.42 Å². The van der Waals surface area contributed by atoms with Gasteiger partial charge in [0.15, 0.2) is 16.7 Å². The number of hydrogen-bond acceptors (Lipinski definition) is 4. The van der Waals surface area contributed by atoms with Crippen LogP contribution in [0.5, 0.6) is 0 Å². The maximum absolute atomic E-state index is 11.9. The van der Waals surface area contributed by atoms with Crippen molar-refractivity contribution in [3.8, 4) is 11.1 Å². The Kier molecular flexibility index (Phi) is 2.48. The molecule has 0 bridgehead atoms. The summed E-state index contributed by atoms with van der Waals surface area (Å²) in [6.07, 6.45) is 5.37. The third-order valence-electron chi connectivity index (χ3n) is 4.36. The van der Waals surface area contributed by atoms with Crippen LogP contribution in [0.4, 0.5) is 0 Å². The summed E-state index contributed by atoms with van der Waals surface area (Å²) < 4.78 is 6.11. The number of fused-ring (bicyclic) bond motifs is 4. The van der Waals surface area contributed by atoms with Gasteiger partial charge in [-0.25, -0.2) is 4.98 Å².